The van der Waals surface area contributed by atoms with Gasteiger partial charge in [-0.3, -0.25) is 4.79 Å². The van der Waals surface area contributed by atoms with E-state index in [1.165, 1.54) is 9.78 Å². The summed E-state index contributed by atoms with van der Waals surface area (Å²) in [6.07, 6.45) is 0.933. The molecule has 0 saturated carbocycles. The van der Waals surface area contributed by atoms with E-state index in [0.29, 0.717) is 5.96 Å². The maximum atomic E-state index is 11.5. The van der Waals surface area contributed by atoms with Gasteiger partial charge in [0.05, 0.1) is 3.79 Å². The van der Waals surface area contributed by atoms with E-state index >= 15 is 0 Å². The van der Waals surface area contributed by atoms with E-state index in [4.69, 9.17) is 0 Å². The van der Waals surface area contributed by atoms with E-state index in [2.05, 4.69) is 43.7 Å². The number of likely N-dealkylation sites (N-methyl/N-ethyl adjacent to an activating group) is 1. The van der Waals surface area contributed by atoms with Crippen LogP contribution < -0.4 is 10.6 Å². The second kappa shape index (κ2) is 11.2. The average molecular weight is 489 g/mol. The number of carbonyl (C=O) groups excluding carboxylic acids is 1. The number of halogens is 2. The molecule has 1 heterocycles. The summed E-state index contributed by atoms with van der Waals surface area (Å²) in [5, 5.41) is 6.36. The number of hydrogen-bond acceptors (Lipinski definition) is 3. The SMILES string of the molecule is CCNC(=NCC(=O)N(C)C)NCCc1ccc(Br)s1.I. The molecule has 0 aromatic carbocycles. The number of amides is 1. The molecule has 0 spiro atoms. The first-order valence-electron chi connectivity index (χ1n) is 6.49. The molecule has 0 saturated heterocycles. The van der Waals surface area contributed by atoms with Crippen molar-refractivity contribution < 1.29 is 4.79 Å². The van der Waals surface area contributed by atoms with E-state index in [0.717, 1.165) is 23.3 Å². The minimum absolute atomic E-state index is 0. The Kier molecular flexibility index (Phi) is 11.1. The number of nitrogens with zero attached hydrogens (tertiary/aromatic N) is 2. The van der Waals surface area contributed by atoms with Crippen molar-refractivity contribution in [2.24, 2.45) is 4.99 Å². The first-order chi connectivity index (χ1) is 9.52. The predicted octanol–water partition coefficient (Wildman–Crippen LogP) is 2.31. The lowest BCUT2D eigenvalue weighted by Gasteiger charge is -2.12. The minimum Gasteiger partial charge on any atom is -0.357 e. The Bertz CT molecular complexity index is 465. The Morgan fingerprint density at radius 3 is 2.62 bits per heavy atom. The molecule has 0 radical (unpaired) electrons. The van der Waals surface area contributed by atoms with Crippen LogP contribution in [0.2, 0.25) is 0 Å². The molecule has 5 nitrogen and oxygen atoms in total. The van der Waals surface area contributed by atoms with Crippen molar-refractivity contribution in [2.75, 3.05) is 33.7 Å². The molecule has 1 rings (SSSR count). The van der Waals surface area contributed by atoms with Crippen LogP contribution in [0, 0.1) is 0 Å². The van der Waals surface area contributed by atoms with Gasteiger partial charge in [0, 0.05) is 32.1 Å². The van der Waals surface area contributed by atoms with Gasteiger partial charge in [0.25, 0.3) is 0 Å². The van der Waals surface area contributed by atoms with Crippen molar-refractivity contribution in [1.82, 2.24) is 15.5 Å². The second-order valence-corrected chi connectivity index (χ2v) is 6.91. The Morgan fingerprint density at radius 2 is 2.10 bits per heavy atom. The van der Waals surface area contributed by atoms with Crippen LogP contribution in [0.4, 0.5) is 0 Å². The summed E-state index contributed by atoms with van der Waals surface area (Å²) >= 11 is 5.18. The number of carbonyl (C=O) groups is 1. The molecule has 0 atom stereocenters. The lowest BCUT2D eigenvalue weighted by molar-refractivity contribution is -0.127. The van der Waals surface area contributed by atoms with E-state index in [1.54, 1.807) is 25.4 Å². The lowest BCUT2D eigenvalue weighted by Crippen LogP contribution is -2.39. The zero-order valence-electron chi connectivity index (χ0n) is 12.5. The van der Waals surface area contributed by atoms with Gasteiger partial charge in [-0.05, 0) is 41.4 Å². The summed E-state index contributed by atoms with van der Waals surface area (Å²) in [4.78, 5) is 18.6. The molecule has 0 fully saturated rings. The highest BCUT2D eigenvalue weighted by Crippen LogP contribution is 2.21. The van der Waals surface area contributed by atoms with Crippen LogP contribution >= 0.6 is 51.2 Å². The highest BCUT2D eigenvalue weighted by atomic mass is 127. The van der Waals surface area contributed by atoms with Gasteiger partial charge in [0.1, 0.15) is 6.54 Å². The highest BCUT2D eigenvalue weighted by Gasteiger charge is 2.04. The molecule has 0 aliphatic heterocycles. The Balaban J connectivity index is 0.00000400. The van der Waals surface area contributed by atoms with Crippen LogP contribution in [0.25, 0.3) is 0 Å². The summed E-state index contributed by atoms with van der Waals surface area (Å²) in [5.41, 5.74) is 0. The summed E-state index contributed by atoms with van der Waals surface area (Å²) in [6.45, 7) is 3.72. The van der Waals surface area contributed by atoms with E-state index in [1.807, 2.05) is 6.92 Å². The fraction of sp³-hybridized carbons (Fsp3) is 0.538. The molecule has 0 bridgehead atoms. The van der Waals surface area contributed by atoms with E-state index in [-0.39, 0.29) is 36.4 Å². The average Bonchev–Trinajstić information content (AvgIpc) is 2.81. The quantitative estimate of drug-likeness (QED) is 0.367. The standard InChI is InChI=1S/C13H21BrN4OS.HI/c1-4-15-13(17-9-12(19)18(2)3)16-8-7-10-5-6-11(14)20-10;/h5-6H,4,7-9H2,1-3H3,(H2,15,16,17);1H. The minimum atomic E-state index is -0.00982. The molecule has 21 heavy (non-hydrogen) atoms. The fourth-order valence-electron chi connectivity index (χ4n) is 1.42. The Hall–Kier alpha value is -0.350. The van der Waals surface area contributed by atoms with E-state index in [9.17, 15) is 4.79 Å². The van der Waals surface area contributed by atoms with Gasteiger partial charge in [0.15, 0.2) is 5.96 Å². The van der Waals surface area contributed by atoms with Crippen molar-refractivity contribution in [2.45, 2.75) is 13.3 Å². The Morgan fingerprint density at radius 1 is 1.38 bits per heavy atom. The van der Waals surface area contributed by atoms with Gasteiger partial charge >= 0.3 is 0 Å². The van der Waals surface area contributed by atoms with Gasteiger partial charge in [-0.15, -0.1) is 35.3 Å². The molecule has 0 unspecified atom stereocenters. The van der Waals surface area contributed by atoms with Crippen LogP contribution in [0.1, 0.15) is 11.8 Å². The summed E-state index contributed by atoms with van der Waals surface area (Å²) in [5.74, 6) is 0.669. The fourth-order valence-corrected chi connectivity index (χ4v) is 2.90. The number of aliphatic imine (C=N–C) groups is 1. The number of nitrogens with one attached hydrogen (secondary N) is 2. The summed E-state index contributed by atoms with van der Waals surface area (Å²) in [6, 6.07) is 4.16. The molecular weight excluding hydrogens is 467 g/mol. The normalized spacial score (nSPS) is 10.8. The van der Waals surface area contributed by atoms with Crippen LogP contribution in [0.5, 0.6) is 0 Å². The van der Waals surface area contributed by atoms with Crippen molar-refractivity contribution in [3.8, 4) is 0 Å². The van der Waals surface area contributed by atoms with Crippen molar-refractivity contribution >= 4 is 63.1 Å². The maximum absolute atomic E-state index is 11.5. The zero-order valence-corrected chi connectivity index (χ0v) is 17.2. The van der Waals surface area contributed by atoms with Gasteiger partial charge in [-0.2, -0.15) is 0 Å². The Labute approximate surface area is 155 Å². The molecule has 120 valence electrons. The molecule has 1 amide bonds. The molecule has 1 aromatic rings. The van der Waals surface area contributed by atoms with Crippen molar-refractivity contribution in [3.63, 3.8) is 0 Å². The largest absolute Gasteiger partial charge is 0.357 e. The lowest BCUT2D eigenvalue weighted by atomic mass is 10.3. The molecule has 2 N–H and O–H groups in total. The van der Waals surface area contributed by atoms with E-state index < -0.39 is 0 Å². The number of thiophene rings is 1. The third-order valence-corrected chi connectivity index (χ3v) is 4.19. The van der Waals surface area contributed by atoms with Gasteiger partial charge in [-0.1, -0.05) is 0 Å². The number of guanidine groups is 1. The van der Waals surface area contributed by atoms with Gasteiger partial charge < -0.3 is 15.5 Å². The molecule has 0 aliphatic carbocycles. The molecular formula is C13H22BrIN4OS. The second-order valence-electron chi connectivity index (χ2n) is 4.37. The van der Waals surface area contributed by atoms with Crippen LogP contribution in [0.3, 0.4) is 0 Å². The number of rotatable bonds is 6. The molecule has 8 heteroatoms. The van der Waals surface area contributed by atoms with Gasteiger partial charge in [0.2, 0.25) is 5.91 Å². The summed E-state index contributed by atoms with van der Waals surface area (Å²) in [7, 11) is 3.46. The summed E-state index contributed by atoms with van der Waals surface area (Å²) < 4.78 is 1.14. The smallest absolute Gasteiger partial charge is 0.243 e. The first kappa shape index (κ1) is 20.6. The molecule has 1 aromatic heterocycles. The third kappa shape index (κ3) is 8.62. The third-order valence-electron chi connectivity index (χ3n) is 2.51. The van der Waals surface area contributed by atoms with Crippen molar-refractivity contribution in [1.29, 1.82) is 0 Å². The van der Waals surface area contributed by atoms with Crippen LogP contribution in [-0.4, -0.2) is 50.5 Å². The number of hydrogen-bond donors (Lipinski definition) is 2. The topological polar surface area (TPSA) is 56.7 Å². The van der Waals surface area contributed by atoms with Gasteiger partial charge in [-0.25, -0.2) is 4.99 Å². The zero-order chi connectivity index (χ0) is 15.0. The highest BCUT2D eigenvalue weighted by molar-refractivity contribution is 14.0. The monoisotopic (exact) mass is 488 g/mol. The van der Waals surface area contributed by atoms with Crippen LogP contribution in [-0.2, 0) is 11.2 Å². The maximum Gasteiger partial charge on any atom is 0.243 e. The predicted molar refractivity (Wildman–Crippen MR) is 104 cm³/mol. The van der Waals surface area contributed by atoms with Crippen LogP contribution in [0.15, 0.2) is 20.9 Å². The molecule has 0 aliphatic rings. The first-order valence-corrected chi connectivity index (χ1v) is 8.10. The van der Waals surface area contributed by atoms with Crippen molar-refractivity contribution in [3.05, 3.63) is 20.8 Å².